The van der Waals surface area contributed by atoms with Crippen LogP contribution in [0, 0.1) is 0 Å². The van der Waals surface area contributed by atoms with E-state index in [-0.39, 0.29) is 17.6 Å². The van der Waals surface area contributed by atoms with E-state index in [0.717, 1.165) is 0 Å². The number of hydrogen-bond donors (Lipinski definition) is 1. The number of carbonyl (C=O) groups is 1. The molecule has 12 heavy (non-hydrogen) atoms. The van der Waals surface area contributed by atoms with E-state index >= 15 is 0 Å². The van der Waals surface area contributed by atoms with E-state index in [2.05, 4.69) is 10.1 Å². The first-order chi connectivity index (χ1) is 5.55. The highest BCUT2D eigenvalue weighted by Crippen LogP contribution is 2.10. The van der Waals surface area contributed by atoms with Crippen molar-refractivity contribution in [2.45, 2.75) is 25.4 Å². The van der Waals surface area contributed by atoms with Crippen LogP contribution >= 0.6 is 0 Å². The Morgan fingerprint density at radius 3 is 2.83 bits per heavy atom. The third kappa shape index (κ3) is 2.19. The molecule has 0 amide bonds. The number of ether oxygens (including phenoxy) is 2. The van der Waals surface area contributed by atoms with Crippen LogP contribution in [-0.4, -0.2) is 37.9 Å². The van der Waals surface area contributed by atoms with E-state index in [4.69, 9.17) is 4.74 Å². The van der Waals surface area contributed by atoms with Gasteiger partial charge in [-0.25, -0.2) is 0 Å². The average Bonchev–Trinajstić information content (AvgIpc) is 2.01. The molecule has 0 aromatic heterocycles. The maximum Gasteiger partial charge on any atom is 0.325 e. The first-order valence-corrected chi connectivity index (χ1v) is 3.98. The first-order valence-electron chi connectivity index (χ1n) is 3.98. The van der Waals surface area contributed by atoms with E-state index in [1.807, 2.05) is 13.8 Å². The van der Waals surface area contributed by atoms with Crippen LogP contribution in [0.25, 0.3) is 0 Å². The largest absolute Gasteiger partial charge is 0.468 e. The van der Waals surface area contributed by atoms with Crippen LogP contribution in [0.1, 0.15) is 13.8 Å². The number of rotatable bonds is 1. The Morgan fingerprint density at radius 1 is 1.67 bits per heavy atom. The Labute approximate surface area is 72.2 Å². The molecule has 0 saturated carbocycles. The van der Waals surface area contributed by atoms with Crippen molar-refractivity contribution < 1.29 is 14.3 Å². The number of esters is 1. The molecule has 0 bridgehead atoms. The predicted octanol–water partition coefficient (Wildman–Crippen LogP) is -0.0736. The predicted molar refractivity (Wildman–Crippen MR) is 43.8 cm³/mol. The van der Waals surface area contributed by atoms with Gasteiger partial charge in [0.1, 0.15) is 6.04 Å². The van der Waals surface area contributed by atoms with Crippen LogP contribution in [-0.2, 0) is 14.3 Å². The summed E-state index contributed by atoms with van der Waals surface area (Å²) in [6, 6.07) is -0.321. The lowest BCUT2D eigenvalue weighted by molar-refractivity contribution is -0.148. The lowest BCUT2D eigenvalue weighted by atomic mass is 10.0. The second kappa shape index (κ2) is 3.41. The lowest BCUT2D eigenvalue weighted by Gasteiger charge is -2.35. The van der Waals surface area contributed by atoms with Crippen molar-refractivity contribution in [3.63, 3.8) is 0 Å². The minimum Gasteiger partial charge on any atom is -0.468 e. The standard InChI is InChI=1S/C8H15NO3/c1-8(2)5-12-4-6(9-8)7(10)11-3/h6,9H,4-5H2,1-3H3/t6-/m0/s1. The van der Waals surface area contributed by atoms with Gasteiger partial charge in [-0.15, -0.1) is 0 Å². The molecule has 4 nitrogen and oxygen atoms in total. The summed E-state index contributed by atoms with van der Waals surface area (Å²) < 4.78 is 9.86. The van der Waals surface area contributed by atoms with Gasteiger partial charge in [0, 0.05) is 5.54 Å². The van der Waals surface area contributed by atoms with E-state index in [0.29, 0.717) is 13.2 Å². The van der Waals surface area contributed by atoms with Gasteiger partial charge in [0.05, 0.1) is 20.3 Å². The number of morpholine rings is 1. The summed E-state index contributed by atoms with van der Waals surface area (Å²) in [7, 11) is 1.38. The lowest BCUT2D eigenvalue weighted by Crippen LogP contribution is -2.58. The molecule has 1 fully saturated rings. The van der Waals surface area contributed by atoms with Gasteiger partial charge in [-0.2, -0.15) is 0 Å². The van der Waals surface area contributed by atoms with Crippen LogP contribution in [0.4, 0.5) is 0 Å². The molecule has 1 saturated heterocycles. The quantitative estimate of drug-likeness (QED) is 0.564. The Kier molecular flexibility index (Phi) is 2.69. The molecule has 0 unspecified atom stereocenters. The molecule has 0 aliphatic carbocycles. The fraction of sp³-hybridized carbons (Fsp3) is 0.875. The smallest absolute Gasteiger partial charge is 0.325 e. The molecule has 0 aromatic rings. The normalized spacial score (nSPS) is 28.1. The molecule has 1 N–H and O–H groups in total. The average molecular weight is 173 g/mol. The van der Waals surface area contributed by atoms with Crippen LogP contribution in [0.15, 0.2) is 0 Å². The second-order valence-corrected chi connectivity index (χ2v) is 3.62. The third-order valence-electron chi connectivity index (χ3n) is 1.80. The van der Waals surface area contributed by atoms with Gasteiger partial charge < -0.3 is 9.47 Å². The van der Waals surface area contributed by atoms with Gasteiger partial charge >= 0.3 is 5.97 Å². The van der Waals surface area contributed by atoms with Gasteiger partial charge in [0.25, 0.3) is 0 Å². The molecule has 1 heterocycles. The summed E-state index contributed by atoms with van der Waals surface area (Å²) in [5.41, 5.74) is -0.142. The summed E-state index contributed by atoms with van der Waals surface area (Å²) in [4.78, 5) is 11.1. The van der Waals surface area contributed by atoms with Crippen LogP contribution in [0.3, 0.4) is 0 Å². The van der Waals surface area contributed by atoms with Crippen LogP contribution < -0.4 is 5.32 Å². The van der Waals surface area contributed by atoms with Gasteiger partial charge in [-0.05, 0) is 13.8 Å². The summed E-state index contributed by atoms with van der Waals surface area (Å²) in [6.07, 6.45) is 0. The topological polar surface area (TPSA) is 47.6 Å². The summed E-state index contributed by atoms with van der Waals surface area (Å²) in [5.74, 6) is -0.261. The van der Waals surface area contributed by atoms with E-state index in [9.17, 15) is 4.79 Å². The third-order valence-corrected chi connectivity index (χ3v) is 1.80. The Morgan fingerprint density at radius 2 is 2.33 bits per heavy atom. The molecule has 0 aromatic carbocycles. The molecule has 4 heteroatoms. The van der Waals surface area contributed by atoms with Crippen molar-refractivity contribution in [1.82, 2.24) is 5.32 Å². The van der Waals surface area contributed by atoms with Crippen molar-refractivity contribution >= 4 is 5.97 Å². The van der Waals surface area contributed by atoms with E-state index < -0.39 is 0 Å². The van der Waals surface area contributed by atoms with E-state index in [1.54, 1.807) is 0 Å². The minimum absolute atomic E-state index is 0.142. The van der Waals surface area contributed by atoms with E-state index in [1.165, 1.54) is 7.11 Å². The fourth-order valence-corrected chi connectivity index (χ4v) is 1.26. The van der Waals surface area contributed by atoms with Gasteiger partial charge in [-0.3, -0.25) is 10.1 Å². The molecule has 0 spiro atoms. The minimum atomic E-state index is -0.321. The van der Waals surface area contributed by atoms with Crippen molar-refractivity contribution in [2.24, 2.45) is 0 Å². The van der Waals surface area contributed by atoms with Crippen molar-refractivity contribution in [3.8, 4) is 0 Å². The molecule has 1 aliphatic rings. The van der Waals surface area contributed by atoms with Crippen molar-refractivity contribution in [3.05, 3.63) is 0 Å². The highest BCUT2D eigenvalue weighted by atomic mass is 16.5. The van der Waals surface area contributed by atoms with Crippen molar-refractivity contribution in [1.29, 1.82) is 0 Å². The highest BCUT2D eigenvalue weighted by molar-refractivity contribution is 5.76. The highest BCUT2D eigenvalue weighted by Gasteiger charge is 2.32. The maximum absolute atomic E-state index is 11.1. The Bertz CT molecular complexity index is 179. The zero-order valence-electron chi connectivity index (χ0n) is 7.72. The Balaban J connectivity index is 2.52. The number of carbonyl (C=O) groups excluding carboxylic acids is 1. The first kappa shape index (κ1) is 9.48. The second-order valence-electron chi connectivity index (χ2n) is 3.62. The molecule has 1 aliphatic heterocycles. The molecule has 0 radical (unpaired) electrons. The zero-order valence-corrected chi connectivity index (χ0v) is 7.72. The van der Waals surface area contributed by atoms with Crippen LogP contribution in [0.5, 0.6) is 0 Å². The zero-order chi connectivity index (χ0) is 9.19. The van der Waals surface area contributed by atoms with Crippen molar-refractivity contribution in [2.75, 3.05) is 20.3 Å². The van der Waals surface area contributed by atoms with Gasteiger partial charge in [-0.1, -0.05) is 0 Å². The molecule has 1 atom stereocenters. The number of methoxy groups -OCH3 is 1. The summed E-state index contributed by atoms with van der Waals surface area (Å²) in [6.45, 7) is 5.00. The SMILES string of the molecule is COC(=O)[C@@H]1COCC(C)(C)N1. The molecular formula is C8H15NO3. The molecule has 1 rings (SSSR count). The summed E-state index contributed by atoms with van der Waals surface area (Å²) >= 11 is 0. The number of hydrogen-bond acceptors (Lipinski definition) is 4. The van der Waals surface area contributed by atoms with Gasteiger partial charge in [0.2, 0.25) is 0 Å². The Hall–Kier alpha value is -0.610. The molecular weight excluding hydrogens is 158 g/mol. The molecule has 70 valence electrons. The monoisotopic (exact) mass is 173 g/mol. The van der Waals surface area contributed by atoms with Gasteiger partial charge in [0.15, 0.2) is 0 Å². The van der Waals surface area contributed by atoms with Crippen LogP contribution in [0.2, 0.25) is 0 Å². The summed E-state index contributed by atoms with van der Waals surface area (Å²) in [5, 5.41) is 3.14. The fourth-order valence-electron chi connectivity index (χ4n) is 1.26. The number of nitrogens with one attached hydrogen (secondary N) is 1. The maximum atomic E-state index is 11.1.